The second-order valence-electron chi connectivity index (χ2n) is 3.93. The molecule has 0 aromatic carbocycles. The standard InChI is InChI=1S/C9H18F2N2/c1-7-3-2-4-9(7,6-12)13-5-8(10)11/h7-8,13H,2-6,12H2,1H3. The van der Waals surface area contributed by atoms with Gasteiger partial charge in [0.05, 0.1) is 6.54 Å². The van der Waals surface area contributed by atoms with Crippen LogP contribution in [-0.4, -0.2) is 25.1 Å². The molecule has 2 unspecified atom stereocenters. The summed E-state index contributed by atoms with van der Waals surface area (Å²) in [7, 11) is 0. The van der Waals surface area contributed by atoms with E-state index in [0.717, 1.165) is 19.3 Å². The molecule has 0 aliphatic heterocycles. The lowest BCUT2D eigenvalue weighted by Crippen LogP contribution is -2.54. The van der Waals surface area contributed by atoms with E-state index in [9.17, 15) is 8.78 Å². The number of hydrogen-bond acceptors (Lipinski definition) is 2. The molecule has 13 heavy (non-hydrogen) atoms. The van der Waals surface area contributed by atoms with Crippen molar-refractivity contribution in [3.63, 3.8) is 0 Å². The van der Waals surface area contributed by atoms with Gasteiger partial charge in [-0.1, -0.05) is 13.3 Å². The molecule has 3 N–H and O–H groups in total. The van der Waals surface area contributed by atoms with Crippen molar-refractivity contribution in [3.05, 3.63) is 0 Å². The number of nitrogens with two attached hydrogens (primary N) is 1. The quantitative estimate of drug-likeness (QED) is 0.705. The van der Waals surface area contributed by atoms with Gasteiger partial charge in [0.1, 0.15) is 0 Å². The Morgan fingerprint density at radius 1 is 1.62 bits per heavy atom. The molecule has 1 aliphatic carbocycles. The average Bonchev–Trinajstić information content (AvgIpc) is 2.45. The zero-order chi connectivity index (χ0) is 9.90. The Kier molecular flexibility index (Phi) is 3.62. The molecule has 2 nitrogen and oxygen atoms in total. The molecule has 78 valence electrons. The predicted octanol–water partition coefficient (Wildman–Crippen LogP) is 1.36. The molecule has 1 rings (SSSR count). The monoisotopic (exact) mass is 192 g/mol. The van der Waals surface area contributed by atoms with E-state index in [4.69, 9.17) is 5.73 Å². The Hall–Kier alpha value is -0.220. The van der Waals surface area contributed by atoms with Crippen LogP contribution >= 0.6 is 0 Å². The summed E-state index contributed by atoms with van der Waals surface area (Å²) >= 11 is 0. The molecular weight excluding hydrogens is 174 g/mol. The fraction of sp³-hybridized carbons (Fsp3) is 1.00. The first kappa shape index (κ1) is 10.9. The molecule has 1 aliphatic rings. The van der Waals surface area contributed by atoms with Gasteiger partial charge in [0.15, 0.2) is 0 Å². The molecule has 1 saturated carbocycles. The number of halogens is 2. The van der Waals surface area contributed by atoms with Crippen LogP contribution < -0.4 is 11.1 Å². The second kappa shape index (κ2) is 4.33. The summed E-state index contributed by atoms with van der Waals surface area (Å²) < 4.78 is 24.0. The molecule has 0 amide bonds. The van der Waals surface area contributed by atoms with Crippen LogP contribution in [0.15, 0.2) is 0 Å². The molecule has 2 atom stereocenters. The van der Waals surface area contributed by atoms with Crippen molar-refractivity contribution in [2.75, 3.05) is 13.1 Å². The van der Waals surface area contributed by atoms with E-state index in [1.165, 1.54) is 0 Å². The van der Waals surface area contributed by atoms with Crippen LogP contribution in [0.1, 0.15) is 26.2 Å². The van der Waals surface area contributed by atoms with Crippen LogP contribution in [-0.2, 0) is 0 Å². The lowest BCUT2D eigenvalue weighted by molar-refractivity contribution is 0.122. The molecule has 0 aromatic heterocycles. The predicted molar refractivity (Wildman–Crippen MR) is 48.8 cm³/mol. The molecule has 1 fully saturated rings. The minimum absolute atomic E-state index is 0.226. The average molecular weight is 192 g/mol. The SMILES string of the molecule is CC1CCCC1(CN)NCC(F)F. The first-order chi connectivity index (χ1) is 6.10. The number of nitrogens with one attached hydrogen (secondary N) is 1. The van der Waals surface area contributed by atoms with Gasteiger partial charge in [-0.25, -0.2) is 8.78 Å². The molecule has 4 heteroatoms. The van der Waals surface area contributed by atoms with Crippen LogP contribution in [0, 0.1) is 5.92 Å². The van der Waals surface area contributed by atoms with Crippen LogP contribution in [0.25, 0.3) is 0 Å². The summed E-state index contributed by atoms with van der Waals surface area (Å²) in [5.74, 6) is 0.413. The molecule has 0 spiro atoms. The van der Waals surface area contributed by atoms with Crippen molar-refractivity contribution in [1.29, 1.82) is 0 Å². The topological polar surface area (TPSA) is 38.0 Å². The first-order valence-electron chi connectivity index (χ1n) is 4.84. The van der Waals surface area contributed by atoms with Gasteiger partial charge in [-0.15, -0.1) is 0 Å². The number of alkyl halides is 2. The van der Waals surface area contributed by atoms with Crippen molar-refractivity contribution in [2.45, 2.75) is 38.2 Å². The van der Waals surface area contributed by atoms with E-state index < -0.39 is 6.43 Å². The third-order valence-corrected chi connectivity index (χ3v) is 3.18. The van der Waals surface area contributed by atoms with Gasteiger partial charge in [0, 0.05) is 12.1 Å². The van der Waals surface area contributed by atoms with E-state index in [0.29, 0.717) is 12.5 Å². The Labute approximate surface area is 77.9 Å². The minimum Gasteiger partial charge on any atom is -0.329 e. The fourth-order valence-electron chi connectivity index (χ4n) is 2.16. The highest BCUT2D eigenvalue weighted by Gasteiger charge is 2.38. The van der Waals surface area contributed by atoms with Crippen molar-refractivity contribution >= 4 is 0 Å². The molecule has 0 bridgehead atoms. The third-order valence-electron chi connectivity index (χ3n) is 3.18. The summed E-state index contributed by atoms with van der Waals surface area (Å²) in [6, 6.07) is 0. The molecular formula is C9H18F2N2. The highest BCUT2D eigenvalue weighted by molar-refractivity contribution is 4.98. The van der Waals surface area contributed by atoms with Gasteiger partial charge in [-0.3, -0.25) is 0 Å². The van der Waals surface area contributed by atoms with Crippen molar-refractivity contribution in [3.8, 4) is 0 Å². The highest BCUT2D eigenvalue weighted by Crippen LogP contribution is 2.34. The molecule has 0 heterocycles. The minimum atomic E-state index is -2.28. The van der Waals surface area contributed by atoms with E-state index in [2.05, 4.69) is 12.2 Å². The maximum absolute atomic E-state index is 12.0. The largest absolute Gasteiger partial charge is 0.329 e. The Balaban J connectivity index is 2.49. The fourth-order valence-corrected chi connectivity index (χ4v) is 2.16. The van der Waals surface area contributed by atoms with Crippen LogP contribution in [0.3, 0.4) is 0 Å². The Morgan fingerprint density at radius 2 is 2.31 bits per heavy atom. The number of hydrogen-bond donors (Lipinski definition) is 2. The molecule has 0 radical (unpaired) electrons. The molecule has 0 saturated heterocycles. The van der Waals surface area contributed by atoms with Gasteiger partial charge in [0.2, 0.25) is 0 Å². The van der Waals surface area contributed by atoms with E-state index >= 15 is 0 Å². The van der Waals surface area contributed by atoms with Crippen molar-refractivity contribution in [1.82, 2.24) is 5.32 Å². The Morgan fingerprint density at radius 3 is 2.69 bits per heavy atom. The van der Waals surface area contributed by atoms with Crippen molar-refractivity contribution < 1.29 is 8.78 Å². The van der Waals surface area contributed by atoms with E-state index in [1.807, 2.05) is 0 Å². The summed E-state index contributed by atoms with van der Waals surface area (Å²) in [6.07, 6.45) is 0.829. The molecule has 0 aromatic rings. The van der Waals surface area contributed by atoms with Crippen LogP contribution in [0.4, 0.5) is 8.78 Å². The van der Waals surface area contributed by atoms with Gasteiger partial charge in [-0.2, -0.15) is 0 Å². The lowest BCUT2D eigenvalue weighted by atomic mass is 9.88. The normalized spacial score (nSPS) is 34.4. The third kappa shape index (κ3) is 2.38. The lowest BCUT2D eigenvalue weighted by Gasteiger charge is -2.33. The summed E-state index contributed by atoms with van der Waals surface area (Å²) in [5.41, 5.74) is 5.41. The zero-order valence-corrected chi connectivity index (χ0v) is 8.02. The summed E-state index contributed by atoms with van der Waals surface area (Å²) in [5, 5.41) is 2.92. The van der Waals surface area contributed by atoms with Gasteiger partial charge in [0.25, 0.3) is 6.43 Å². The summed E-state index contributed by atoms with van der Waals surface area (Å²) in [6.45, 7) is 2.31. The van der Waals surface area contributed by atoms with Gasteiger partial charge >= 0.3 is 0 Å². The first-order valence-corrected chi connectivity index (χ1v) is 4.84. The maximum Gasteiger partial charge on any atom is 0.250 e. The van der Waals surface area contributed by atoms with Crippen LogP contribution in [0.2, 0.25) is 0 Å². The smallest absolute Gasteiger partial charge is 0.250 e. The Bertz CT molecular complexity index is 164. The van der Waals surface area contributed by atoms with E-state index in [1.54, 1.807) is 0 Å². The number of rotatable bonds is 4. The van der Waals surface area contributed by atoms with Crippen molar-refractivity contribution in [2.24, 2.45) is 11.7 Å². The van der Waals surface area contributed by atoms with Gasteiger partial charge in [-0.05, 0) is 18.8 Å². The highest BCUT2D eigenvalue weighted by atomic mass is 19.3. The second-order valence-corrected chi connectivity index (χ2v) is 3.93. The van der Waals surface area contributed by atoms with Crippen LogP contribution in [0.5, 0.6) is 0 Å². The zero-order valence-electron chi connectivity index (χ0n) is 8.02. The van der Waals surface area contributed by atoms with E-state index in [-0.39, 0.29) is 12.1 Å². The van der Waals surface area contributed by atoms with Gasteiger partial charge < -0.3 is 11.1 Å². The summed E-state index contributed by atoms with van der Waals surface area (Å²) in [4.78, 5) is 0. The maximum atomic E-state index is 12.0.